The van der Waals surface area contributed by atoms with Crippen molar-refractivity contribution >= 4 is 32.6 Å². The summed E-state index contributed by atoms with van der Waals surface area (Å²) in [7, 11) is 0. The van der Waals surface area contributed by atoms with Gasteiger partial charge in [-0.3, -0.25) is 4.79 Å². The lowest BCUT2D eigenvalue weighted by Crippen LogP contribution is -2.29. The molecule has 2 aliphatic rings. The number of hydrogen-bond acceptors (Lipinski definition) is 4. The maximum atomic E-state index is 12.5. The fourth-order valence-corrected chi connectivity index (χ4v) is 4.90. The highest BCUT2D eigenvalue weighted by Crippen LogP contribution is 2.31. The molecule has 1 aromatic heterocycles. The maximum absolute atomic E-state index is 12.5. The maximum Gasteiger partial charge on any atom is 0.251 e. The minimum Gasteiger partial charge on any atom is -0.352 e. The zero-order valence-electron chi connectivity index (χ0n) is 15.3. The van der Waals surface area contributed by atoms with Crippen molar-refractivity contribution in [2.45, 2.75) is 51.4 Å². The van der Waals surface area contributed by atoms with Crippen molar-refractivity contribution in [1.82, 2.24) is 10.3 Å². The van der Waals surface area contributed by atoms with Gasteiger partial charge in [-0.05, 0) is 69.6 Å². The molecule has 1 saturated heterocycles. The number of thiazole rings is 1. The van der Waals surface area contributed by atoms with E-state index in [1.165, 1.54) is 50.5 Å². The van der Waals surface area contributed by atoms with Gasteiger partial charge in [-0.1, -0.05) is 23.0 Å². The minimum atomic E-state index is 0.0243. The molecule has 0 saturated carbocycles. The van der Waals surface area contributed by atoms with Crippen molar-refractivity contribution in [3.8, 4) is 0 Å². The molecule has 1 N–H and O–H groups in total. The second-order valence-corrected chi connectivity index (χ2v) is 8.35. The van der Waals surface area contributed by atoms with Crippen LogP contribution in [0.4, 0.5) is 5.13 Å². The first kappa shape index (κ1) is 17.5. The first-order valence-electron chi connectivity index (χ1n) is 9.91. The monoisotopic (exact) mass is 369 g/mol. The summed E-state index contributed by atoms with van der Waals surface area (Å²) < 4.78 is 1.10. The van der Waals surface area contributed by atoms with Gasteiger partial charge in [0.2, 0.25) is 0 Å². The molecule has 0 spiro atoms. The van der Waals surface area contributed by atoms with Crippen LogP contribution in [0.5, 0.6) is 0 Å². The van der Waals surface area contributed by atoms with Crippen LogP contribution in [0.15, 0.2) is 29.8 Å². The average molecular weight is 370 g/mol. The Bertz CT molecular complexity index is 805. The highest BCUT2D eigenvalue weighted by Gasteiger charge is 2.16. The summed E-state index contributed by atoms with van der Waals surface area (Å²) in [5.74, 6) is 0.0243. The number of amides is 1. The number of carbonyl (C=O) groups is 1. The van der Waals surface area contributed by atoms with Gasteiger partial charge in [0.15, 0.2) is 5.13 Å². The van der Waals surface area contributed by atoms with Gasteiger partial charge in [-0.2, -0.15) is 0 Å². The highest BCUT2D eigenvalue weighted by atomic mass is 32.1. The minimum absolute atomic E-state index is 0.0243. The van der Waals surface area contributed by atoms with Gasteiger partial charge in [-0.25, -0.2) is 4.98 Å². The van der Waals surface area contributed by atoms with Crippen LogP contribution >= 0.6 is 11.3 Å². The fourth-order valence-electron chi connectivity index (χ4n) is 3.84. The lowest BCUT2D eigenvalue weighted by atomic mass is 9.97. The molecule has 4 rings (SSSR count). The second kappa shape index (κ2) is 8.21. The van der Waals surface area contributed by atoms with E-state index in [0.29, 0.717) is 0 Å². The molecule has 138 valence electrons. The predicted octanol–water partition coefficient (Wildman–Crippen LogP) is 4.91. The van der Waals surface area contributed by atoms with Gasteiger partial charge in [-0.15, -0.1) is 0 Å². The van der Waals surface area contributed by atoms with Crippen molar-refractivity contribution in [3.05, 3.63) is 35.4 Å². The van der Waals surface area contributed by atoms with E-state index in [9.17, 15) is 4.79 Å². The van der Waals surface area contributed by atoms with E-state index in [1.807, 2.05) is 18.2 Å². The van der Waals surface area contributed by atoms with E-state index in [0.717, 1.165) is 47.0 Å². The van der Waals surface area contributed by atoms with Crippen LogP contribution < -0.4 is 10.2 Å². The Morgan fingerprint density at radius 3 is 2.85 bits per heavy atom. The Kier molecular flexibility index (Phi) is 5.54. The Balaban J connectivity index is 1.39. The highest BCUT2D eigenvalue weighted by molar-refractivity contribution is 7.22. The zero-order chi connectivity index (χ0) is 17.8. The Labute approximate surface area is 159 Å². The van der Waals surface area contributed by atoms with Crippen LogP contribution in [0.1, 0.15) is 61.7 Å². The molecule has 0 radical (unpaired) electrons. The van der Waals surface area contributed by atoms with Crippen LogP contribution in [0.25, 0.3) is 10.2 Å². The third-order valence-corrected chi connectivity index (χ3v) is 6.46. The molecule has 1 aromatic carbocycles. The summed E-state index contributed by atoms with van der Waals surface area (Å²) >= 11 is 1.71. The van der Waals surface area contributed by atoms with Crippen molar-refractivity contribution in [2.75, 3.05) is 24.5 Å². The second-order valence-electron chi connectivity index (χ2n) is 7.34. The molecule has 1 fully saturated rings. The summed E-state index contributed by atoms with van der Waals surface area (Å²) in [5.41, 5.74) is 3.24. The lowest BCUT2D eigenvalue weighted by molar-refractivity contribution is 0.0954. The van der Waals surface area contributed by atoms with Crippen molar-refractivity contribution in [2.24, 2.45) is 0 Å². The Morgan fingerprint density at radius 1 is 1.15 bits per heavy atom. The molecule has 1 amide bonds. The molecule has 1 aliphatic heterocycles. The van der Waals surface area contributed by atoms with Crippen LogP contribution in [0.2, 0.25) is 0 Å². The summed E-state index contributed by atoms with van der Waals surface area (Å²) in [6.07, 6.45) is 12.1. The lowest BCUT2D eigenvalue weighted by Gasteiger charge is -2.25. The van der Waals surface area contributed by atoms with E-state index in [2.05, 4.69) is 16.3 Å². The smallest absolute Gasteiger partial charge is 0.251 e. The number of fused-ring (bicyclic) bond motifs is 1. The third-order valence-electron chi connectivity index (χ3n) is 5.38. The van der Waals surface area contributed by atoms with Crippen molar-refractivity contribution < 1.29 is 4.79 Å². The molecule has 2 heterocycles. The largest absolute Gasteiger partial charge is 0.352 e. The Hall–Kier alpha value is -1.88. The Morgan fingerprint density at radius 2 is 2.04 bits per heavy atom. The summed E-state index contributed by atoms with van der Waals surface area (Å²) in [4.78, 5) is 19.6. The van der Waals surface area contributed by atoms with E-state index < -0.39 is 0 Å². The zero-order valence-corrected chi connectivity index (χ0v) is 16.1. The summed E-state index contributed by atoms with van der Waals surface area (Å²) in [6, 6.07) is 5.88. The summed E-state index contributed by atoms with van der Waals surface area (Å²) in [6.45, 7) is 2.93. The van der Waals surface area contributed by atoms with Crippen LogP contribution in [0.3, 0.4) is 0 Å². The SMILES string of the molecule is O=C(NCCC1=CCCCC1)c1ccc2nc(N3CCCCC3)sc2c1. The van der Waals surface area contributed by atoms with Gasteiger partial charge < -0.3 is 10.2 Å². The molecule has 0 bridgehead atoms. The third kappa shape index (κ3) is 4.09. The van der Waals surface area contributed by atoms with Crippen molar-refractivity contribution in [3.63, 3.8) is 0 Å². The number of benzene rings is 1. The van der Waals surface area contributed by atoms with Crippen LogP contribution in [-0.2, 0) is 0 Å². The van der Waals surface area contributed by atoms with Gasteiger partial charge in [0.1, 0.15) is 0 Å². The van der Waals surface area contributed by atoms with E-state index in [4.69, 9.17) is 4.98 Å². The normalized spacial score (nSPS) is 18.0. The molecule has 2 aromatic rings. The van der Waals surface area contributed by atoms with E-state index >= 15 is 0 Å². The number of piperidine rings is 1. The molecule has 26 heavy (non-hydrogen) atoms. The number of nitrogens with one attached hydrogen (secondary N) is 1. The number of anilines is 1. The van der Waals surface area contributed by atoms with E-state index in [1.54, 1.807) is 11.3 Å². The molecular weight excluding hydrogens is 342 g/mol. The number of aromatic nitrogens is 1. The van der Waals surface area contributed by atoms with Crippen LogP contribution in [-0.4, -0.2) is 30.5 Å². The first-order valence-corrected chi connectivity index (χ1v) is 10.7. The summed E-state index contributed by atoms with van der Waals surface area (Å²) in [5, 5.41) is 4.17. The van der Waals surface area contributed by atoms with Gasteiger partial charge in [0.25, 0.3) is 5.91 Å². The topological polar surface area (TPSA) is 45.2 Å². The molecule has 0 atom stereocenters. The van der Waals surface area contributed by atoms with Gasteiger partial charge in [0, 0.05) is 25.2 Å². The fraction of sp³-hybridized carbons (Fsp3) is 0.524. The molecule has 4 nitrogen and oxygen atoms in total. The van der Waals surface area contributed by atoms with Gasteiger partial charge in [0.05, 0.1) is 10.2 Å². The number of rotatable bonds is 5. The average Bonchev–Trinajstić information content (AvgIpc) is 3.13. The number of carbonyl (C=O) groups excluding carboxylic acids is 1. The first-order chi connectivity index (χ1) is 12.8. The van der Waals surface area contributed by atoms with Crippen LogP contribution in [0, 0.1) is 0 Å². The molecule has 5 heteroatoms. The molecule has 0 unspecified atom stereocenters. The van der Waals surface area contributed by atoms with Crippen molar-refractivity contribution in [1.29, 1.82) is 0 Å². The molecule has 1 aliphatic carbocycles. The molecular formula is C21H27N3OS. The van der Waals surface area contributed by atoms with Gasteiger partial charge >= 0.3 is 0 Å². The number of allylic oxidation sites excluding steroid dienone is 1. The number of nitrogens with zero attached hydrogens (tertiary/aromatic N) is 2. The standard InChI is InChI=1S/C21H27N3OS/c25-20(22-12-11-16-7-3-1-4-8-16)17-9-10-18-19(15-17)26-21(23-18)24-13-5-2-6-14-24/h7,9-10,15H,1-6,8,11-14H2,(H,22,25). The predicted molar refractivity (Wildman–Crippen MR) is 109 cm³/mol. The quantitative estimate of drug-likeness (QED) is 0.762. The number of hydrogen-bond donors (Lipinski definition) is 1. The van der Waals surface area contributed by atoms with E-state index in [-0.39, 0.29) is 5.91 Å².